The summed E-state index contributed by atoms with van der Waals surface area (Å²) in [5, 5.41) is 3.18. The highest BCUT2D eigenvalue weighted by atomic mass is 16.5. The van der Waals surface area contributed by atoms with Crippen molar-refractivity contribution in [2.75, 3.05) is 13.7 Å². The third-order valence-electron chi connectivity index (χ3n) is 3.46. The highest BCUT2D eigenvalue weighted by molar-refractivity contribution is 5.81. The van der Waals surface area contributed by atoms with Crippen molar-refractivity contribution in [1.29, 1.82) is 0 Å². The van der Waals surface area contributed by atoms with Crippen molar-refractivity contribution < 1.29 is 14.3 Å². The Morgan fingerprint density at radius 2 is 1.91 bits per heavy atom. The van der Waals surface area contributed by atoms with Gasteiger partial charge in [-0.25, -0.2) is 0 Å². The lowest BCUT2D eigenvalue weighted by molar-refractivity contribution is -0.120. The summed E-state index contributed by atoms with van der Waals surface area (Å²) >= 11 is 0. The first-order valence-electron chi connectivity index (χ1n) is 7.53. The Labute approximate surface area is 136 Å². The first-order valence-corrected chi connectivity index (χ1v) is 7.53. The van der Waals surface area contributed by atoms with E-state index < -0.39 is 11.9 Å². The molecule has 0 aliphatic heterocycles. The summed E-state index contributed by atoms with van der Waals surface area (Å²) in [5.74, 6) is 0.962. The van der Waals surface area contributed by atoms with Crippen LogP contribution in [0.5, 0.6) is 11.5 Å². The van der Waals surface area contributed by atoms with E-state index in [4.69, 9.17) is 15.2 Å². The predicted molar refractivity (Wildman–Crippen MR) is 89.4 cm³/mol. The SMILES string of the molecule is CCOc1ccc(CN[C@@H](C(N)=O)c2ccccc2)cc1OC. The van der Waals surface area contributed by atoms with Crippen molar-refractivity contribution in [3.63, 3.8) is 0 Å². The van der Waals surface area contributed by atoms with Crippen LogP contribution in [0.1, 0.15) is 24.1 Å². The van der Waals surface area contributed by atoms with Crippen molar-refractivity contribution in [3.8, 4) is 11.5 Å². The van der Waals surface area contributed by atoms with Crippen LogP contribution in [0.2, 0.25) is 0 Å². The first kappa shape index (κ1) is 16.8. The number of nitrogens with two attached hydrogens (primary N) is 1. The van der Waals surface area contributed by atoms with Gasteiger partial charge in [0.05, 0.1) is 13.7 Å². The predicted octanol–water partition coefficient (Wildman–Crippen LogP) is 2.41. The summed E-state index contributed by atoms with van der Waals surface area (Å²) < 4.78 is 10.8. The number of hydrogen-bond donors (Lipinski definition) is 2. The fraction of sp³-hybridized carbons (Fsp3) is 0.278. The molecule has 3 N–H and O–H groups in total. The van der Waals surface area contributed by atoms with Crippen LogP contribution in [-0.2, 0) is 11.3 Å². The highest BCUT2D eigenvalue weighted by Crippen LogP contribution is 2.28. The molecule has 1 amide bonds. The quantitative estimate of drug-likeness (QED) is 0.785. The second-order valence-electron chi connectivity index (χ2n) is 5.05. The molecule has 0 aliphatic rings. The zero-order valence-corrected chi connectivity index (χ0v) is 13.4. The molecule has 0 fully saturated rings. The van der Waals surface area contributed by atoms with Crippen molar-refractivity contribution >= 4 is 5.91 Å². The van der Waals surface area contributed by atoms with Gasteiger partial charge in [0.2, 0.25) is 5.91 Å². The number of carbonyl (C=O) groups is 1. The number of carbonyl (C=O) groups excluding carboxylic acids is 1. The third-order valence-corrected chi connectivity index (χ3v) is 3.46. The first-order chi connectivity index (χ1) is 11.2. The van der Waals surface area contributed by atoms with Gasteiger partial charge in [-0.15, -0.1) is 0 Å². The molecule has 2 rings (SSSR count). The number of rotatable bonds is 8. The number of methoxy groups -OCH3 is 1. The lowest BCUT2D eigenvalue weighted by Crippen LogP contribution is -2.33. The lowest BCUT2D eigenvalue weighted by Gasteiger charge is -2.17. The van der Waals surface area contributed by atoms with Gasteiger partial charge in [0.1, 0.15) is 6.04 Å². The minimum absolute atomic E-state index is 0.408. The van der Waals surface area contributed by atoms with Gasteiger partial charge in [-0.3, -0.25) is 10.1 Å². The van der Waals surface area contributed by atoms with Gasteiger partial charge in [-0.05, 0) is 30.2 Å². The van der Waals surface area contributed by atoms with E-state index >= 15 is 0 Å². The standard InChI is InChI=1S/C18H22N2O3/c1-3-23-15-10-9-13(11-16(15)22-2)12-20-17(18(19)21)14-7-5-4-6-8-14/h4-11,17,20H,3,12H2,1-2H3,(H2,19,21)/t17-/m1/s1. The average Bonchev–Trinajstić information content (AvgIpc) is 2.57. The average molecular weight is 314 g/mol. The maximum Gasteiger partial charge on any atom is 0.239 e. The molecule has 5 nitrogen and oxygen atoms in total. The van der Waals surface area contributed by atoms with E-state index in [1.54, 1.807) is 7.11 Å². The molecular weight excluding hydrogens is 292 g/mol. The van der Waals surface area contributed by atoms with Gasteiger partial charge in [0, 0.05) is 6.54 Å². The maximum absolute atomic E-state index is 11.7. The van der Waals surface area contributed by atoms with Crippen LogP contribution in [0, 0.1) is 0 Å². The zero-order chi connectivity index (χ0) is 16.7. The van der Waals surface area contributed by atoms with E-state index in [1.807, 2.05) is 55.5 Å². The largest absolute Gasteiger partial charge is 0.493 e. The summed E-state index contributed by atoms with van der Waals surface area (Å²) in [6.45, 7) is 2.99. The van der Waals surface area contributed by atoms with Gasteiger partial charge in [0.15, 0.2) is 11.5 Å². The summed E-state index contributed by atoms with van der Waals surface area (Å²) in [6.07, 6.45) is 0. The van der Waals surface area contributed by atoms with Crippen LogP contribution in [0.15, 0.2) is 48.5 Å². The number of benzene rings is 2. The molecule has 0 unspecified atom stereocenters. The summed E-state index contributed by atoms with van der Waals surface area (Å²) in [5.41, 5.74) is 7.33. The summed E-state index contributed by atoms with van der Waals surface area (Å²) in [4.78, 5) is 11.7. The summed E-state index contributed by atoms with van der Waals surface area (Å²) in [7, 11) is 1.60. The molecule has 2 aromatic rings. The number of hydrogen-bond acceptors (Lipinski definition) is 4. The molecule has 0 heterocycles. The van der Waals surface area contributed by atoms with Crippen LogP contribution >= 0.6 is 0 Å². The molecule has 23 heavy (non-hydrogen) atoms. The Morgan fingerprint density at radius 3 is 2.52 bits per heavy atom. The van der Waals surface area contributed by atoms with Crippen LogP contribution < -0.4 is 20.5 Å². The van der Waals surface area contributed by atoms with E-state index in [-0.39, 0.29) is 0 Å². The molecule has 122 valence electrons. The van der Waals surface area contributed by atoms with Gasteiger partial charge in [-0.2, -0.15) is 0 Å². The van der Waals surface area contributed by atoms with Gasteiger partial charge in [-0.1, -0.05) is 36.4 Å². The second kappa shape index (κ2) is 8.19. The van der Waals surface area contributed by atoms with Crippen molar-refractivity contribution in [1.82, 2.24) is 5.32 Å². The van der Waals surface area contributed by atoms with Crippen LogP contribution in [0.25, 0.3) is 0 Å². The van der Waals surface area contributed by atoms with Crippen LogP contribution in [-0.4, -0.2) is 19.6 Å². The van der Waals surface area contributed by atoms with Gasteiger partial charge in [0.25, 0.3) is 0 Å². The van der Waals surface area contributed by atoms with E-state index in [0.717, 1.165) is 11.1 Å². The molecule has 0 aliphatic carbocycles. The highest BCUT2D eigenvalue weighted by Gasteiger charge is 2.17. The van der Waals surface area contributed by atoms with Gasteiger partial charge < -0.3 is 15.2 Å². The Morgan fingerprint density at radius 1 is 1.17 bits per heavy atom. The minimum Gasteiger partial charge on any atom is -0.493 e. The fourth-order valence-corrected chi connectivity index (χ4v) is 2.34. The van der Waals surface area contributed by atoms with E-state index in [0.29, 0.717) is 24.7 Å². The van der Waals surface area contributed by atoms with E-state index in [1.165, 1.54) is 0 Å². The van der Waals surface area contributed by atoms with Crippen molar-refractivity contribution in [2.24, 2.45) is 5.73 Å². The third kappa shape index (κ3) is 4.47. The van der Waals surface area contributed by atoms with E-state index in [2.05, 4.69) is 5.32 Å². The Balaban J connectivity index is 2.10. The smallest absolute Gasteiger partial charge is 0.239 e. The fourth-order valence-electron chi connectivity index (χ4n) is 2.34. The number of primary amides is 1. The molecule has 0 saturated carbocycles. The molecular formula is C18H22N2O3. The number of nitrogens with one attached hydrogen (secondary N) is 1. The lowest BCUT2D eigenvalue weighted by atomic mass is 10.1. The van der Waals surface area contributed by atoms with E-state index in [9.17, 15) is 4.79 Å². The number of ether oxygens (including phenoxy) is 2. The van der Waals surface area contributed by atoms with Crippen molar-refractivity contribution in [2.45, 2.75) is 19.5 Å². The monoisotopic (exact) mass is 314 g/mol. The molecule has 5 heteroatoms. The molecule has 1 atom stereocenters. The van der Waals surface area contributed by atoms with Crippen molar-refractivity contribution in [3.05, 3.63) is 59.7 Å². The molecule has 2 aromatic carbocycles. The van der Waals surface area contributed by atoms with Crippen LogP contribution in [0.4, 0.5) is 0 Å². The molecule has 0 saturated heterocycles. The molecule has 0 radical (unpaired) electrons. The number of amides is 1. The maximum atomic E-state index is 11.7. The minimum atomic E-state index is -0.534. The topological polar surface area (TPSA) is 73.6 Å². The van der Waals surface area contributed by atoms with Gasteiger partial charge >= 0.3 is 0 Å². The zero-order valence-electron chi connectivity index (χ0n) is 13.4. The Hall–Kier alpha value is -2.53. The van der Waals surface area contributed by atoms with Crippen LogP contribution in [0.3, 0.4) is 0 Å². The molecule has 0 aromatic heterocycles. The summed E-state index contributed by atoms with van der Waals surface area (Å²) in [6, 6.07) is 14.6. The molecule has 0 spiro atoms. The molecule has 0 bridgehead atoms. The second-order valence-corrected chi connectivity index (χ2v) is 5.05. The Kier molecular flexibility index (Phi) is 6.00. The Bertz CT molecular complexity index is 644. The normalized spacial score (nSPS) is 11.7.